The molecule has 18 heteroatoms. The molecule has 0 saturated heterocycles. The van der Waals surface area contributed by atoms with Gasteiger partial charge in [0.2, 0.25) is 0 Å². The van der Waals surface area contributed by atoms with Crippen LogP contribution in [0.5, 0.6) is 0 Å². The zero-order valence-corrected chi connectivity index (χ0v) is 53.7. The average molecular weight is 1190 g/mol. The van der Waals surface area contributed by atoms with Crippen molar-refractivity contribution in [3.8, 4) is 12.1 Å². The molecule has 0 unspecified atom stereocenters. The van der Waals surface area contributed by atoms with Crippen molar-refractivity contribution in [1.82, 2.24) is 27.0 Å². The van der Waals surface area contributed by atoms with E-state index < -0.39 is 36.2 Å². The quantitative estimate of drug-likeness (QED) is 0.0592. The molecule has 0 saturated carbocycles. The van der Waals surface area contributed by atoms with Crippen LogP contribution in [0, 0.1) is 64.2 Å². The minimum Gasteiger partial charge on any atom is -0.361 e. The van der Waals surface area contributed by atoms with E-state index in [1.54, 1.807) is 79.1 Å². The second-order valence-corrected chi connectivity index (χ2v) is 39.0. The van der Waals surface area contributed by atoms with Gasteiger partial charge in [0.05, 0.1) is 66.2 Å². The summed E-state index contributed by atoms with van der Waals surface area (Å²) in [7, 11) is -10.2. The SMILES string of the molecule is C=C(c1c(C)cc(C)c2c1ccn2S(=O)(=O)c1ccc(C)cc1)c1nc2cc(C#N)ccc2n1COCC[Si](C)(C)C.C=C(c1c(C)cc(C)c2c1ccn2S(=O)(=O)c1ccc(C)cc1)c1nc2ccc(C#N)cc2n1COCC[Si](C)(C)C. The second-order valence-electron chi connectivity index (χ2n) is 24.2. The molecule has 0 aliphatic rings. The molecule has 4 aromatic heterocycles. The molecule has 432 valence electrons. The lowest BCUT2D eigenvalue weighted by molar-refractivity contribution is 0.0892. The van der Waals surface area contributed by atoms with Crippen LogP contribution < -0.4 is 0 Å². The molecule has 0 atom stereocenters. The van der Waals surface area contributed by atoms with Crippen molar-refractivity contribution in [1.29, 1.82) is 10.5 Å². The third kappa shape index (κ3) is 12.2. The third-order valence-electron chi connectivity index (χ3n) is 15.1. The Bertz CT molecular complexity index is 4390. The fourth-order valence-electron chi connectivity index (χ4n) is 10.6. The van der Waals surface area contributed by atoms with Gasteiger partial charge >= 0.3 is 0 Å². The van der Waals surface area contributed by atoms with Crippen LogP contribution in [0.2, 0.25) is 51.4 Å². The zero-order chi connectivity index (χ0) is 60.8. The normalized spacial score (nSPS) is 12.2. The molecule has 0 aliphatic heterocycles. The van der Waals surface area contributed by atoms with Gasteiger partial charge in [-0.25, -0.2) is 34.7 Å². The molecule has 0 fully saturated rings. The van der Waals surface area contributed by atoms with Crippen LogP contribution in [0.15, 0.2) is 145 Å². The van der Waals surface area contributed by atoms with Crippen molar-refractivity contribution in [2.45, 2.75) is 116 Å². The summed E-state index contributed by atoms with van der Waals surface area (Å²) in [5, 5.41) is 20.6. The molecule has 0 amide bonds. The zero-order valence-electron chi connectivity index (χ0n) is 50.0. The Morgan fingerprint density at radius 2 is 0.917 bits per heavy atom. The predicted molar refractivity (Wildman–Crippen MR) is 344 cm³/mol. The smallest absolute Gasteiger partial charge is 0.268 e. The topological polar surface area (TPSA) is 180 Å². The number of fused-ring (bicyclic) bond motifs is 4. The number of nitrogens with zero attached hydrogens (tertiary/aromatic N) is 8. The van der Waals surface area contributed by atoms with Gasteiger partial charge in [-0.15, -0.1) is 0 Å². The predicted octanol–water partition coefficient (Wildman–Crippen LogP) is 14.8. The fraction of sp³-hybridized carbons (Fsp3) is 0.273. The van der Waals surface area contributed by atoms with Crippen molar-refractivity contribution in [2.24, 2.45) is 0 Å². The number of nitriles is 2. The fourth-order valence-corrected chi connectivity index (χ4v) is 15.0. The van der Waals surface area contributed by atoms with E-state index >= 15 is 0 Å². The van der Waals surface area contributed by atoms with Crippen molar-refractivity contribution in [2.75, 3.05) is 13.2 Å². The number of aryl methyl sites for hydroxylation is 6. The van der Waals surface area contributed by atoms with Gasteiger partial charge in [-0.1, -0.05) is 100.0 Å². The van der Waals surface area contributed by atoms with E-state index in [2.05, 4.69) is 64.6 Å². The van der Waals surface area contributed by atoms with E-state index in [0.717, 1.165) is 83.9 Å². The Morgan fingerprint density at radius 1 is 0.512 bits per heavy atom. The molecule has 0 radical (unpaired) electrons. The van der Waals surface area contributed by atoms with Gasteiger partial charge in [0.15, 0.2) is 0 Å². The lowest BCUT2D eigenvalue weighted by atomic mass is 9.95. The van der Waals surface area contributed by atoms with Crippen molar-refractivity contribution in [3.05, 3.63) is 202 Å². The summed E-state index contributed by atoms with van der Waals surface area (Å²) in [6, 6.07) is 38.8. The maximum absolute atomic E-state index is 13.7. The van der Waals surface area contributed by atoms with Crippen molar-refractivity contribution >= 4 is 91.2 Å². The molecular weight excluding hydrogens is 1120 g/mol. The Balaban J connectivity index is 0.000000202. The van der Waals surface area contributed by atoms with E-state index in [0.29, 0.717) is 63.7 Å². The highest BCUT2D eigenvalue weighted by Crippen LogP contribution is 2.39. The van der Waals surface area contributed by atoms with Crippen LogP contribution in [0.3, 0.4) is 0 Å². The maximum Gasteiger partial charge on any atom is 0.268 e. The standard InChI is InChI=1S/2C33H36N4O3SSi/c1-22-8-11-27(12-9-22)41(38,39)37-15-14-28-31(23(2)18-24(3)32(28)37)25(4)33-35-29-19-26(20-34)10-13-30(29)36(33)21-40-16-17-42(5,6)7;1-22-8-11-27(12-9-22)41(38,39)37-15-14-28-31(23(2)18-24(3)32(28)37)25(4)33-35-29-13-10-26(20-34)19-30(29)36(33)21-40-16-17-42(5,6)7/h2*8-15,18-19H,4,16-17,21H2,1-3,5-7H3. The number of hydrogen-bond acceptors (Lipinski definition) is 10. The number of aromatic nitrogens is 6. The minimum atomic E-state index is -3.83. The number of rotatable bonds is 18. The molecule has 0 spiro atoms. The summed E-state index contributed by atoms with van der Waals surface area (Å²) in [5.41, 5.74) is 13.9. The molecule has 0 bridgehead atoms. The lowest BCUT2D eigenvalue weighted by Crippen LogP contribution is -2.22. The van der Waals surface area contributed by atoms with Crippen LogP contribution in [-0.4, -0.2) is 73.2 Å². The molecule has 84 heavy (non-hydrogen) atoms. The highest BCUT2D eigenvalue weighted by molar-refractivity contribution is 7.90. The number of hydrogen-bond donors (Lipinski definition) is 0. The maximum atomic E-state index is 13.7. The van der Waals surface area contributed by atoms with Gasteiger partial charge in [0.25, 0.3) is 20.0 Å². The molecule has 14 nitrogen and oxygen atoms in total. The van der Waals surface area contributed by atoms with Crippen molar-refractivity contribution < 1.29 is 26.3 Å². The largest absolute Gasteiger partial charge is 0.361 e. The highest BCUT2D eigenvalue weighted by atomic mass is 32.2. The summed E-state index contributed by atoms with van der Waals surface area (Å²) in [5.74, 6) is 1.24. The molecule has 6 aromatic carbocycles. The van der Waals surface area contributed by atoms with Gasteiger partial charge in [-0.3, -0.25) is 9.13 Å². The Labute approximate surface area is 495 Å². The Morgan fingerprint density at radius 3 is 1.35 bits per heavy atom. The number of imidazole rings is 2. The van der Waals surface area contributed by atoms with Crippen LogP contribution in [0.4, 0.5) is 0 Å². The van der Waals surface area contributed by atoms with Crippen LogP contribution in [0.25, 0.3) is 55.0 Å². The van der Waals surface area contributed by atoms with Crippen molar-refractivity contribution in [3.63, 3.8) is 0 Å². The molecule has 10 rings (SSSR count). The highest BCUT2D eigenvalue weighted by Gasteiger charge is 2.28. The molecular formula is C66H72N8O6S2Si2. The Kier molecular flexibility index (Phi) is 17.0. The minimum absolute atomic E-state index is 0.233. The first kappa shape index (κ1) is 60.6. The molecule has 0 aliphatic carbocycles. The monoisotopic (exact) mass is 1190 g/mol. The van der Waals surface area contributed by atoms with E-state index in [9.17, 15) is 27.4 Å². The van der Waals surface area contributed by atoms with Crippen LogP contribution in [-0.2, 0) is 43.0 Å². The number of benzene rings is 6. The lowest BCUT2D eigenvalue weighted by Gasteiger charge is -2.18. The van der Waals surface area contributed by atoms with E-state index in [1.807, 2.05) is 93.1 Å². The van der Waals surface area contributed by atoms with E-state index in [-0.39, 0.29) is 23.3 Å². The summed E-state index contributed by atoms with van der Waals surface area (Å²) < 4.78 is 74.0. The van der Waals surface area contributed by atoms with Gasteiger partial charge < -0.3 is 9.47 Å². The molecule has 10 aromatic rings. The third-order valence-corrected chi connectivity index (χ3v) is 21.9. The molecule has 4 heterocycles. The van der Waals surface area contributed by atoms with E-state index in [1.165, 1.54) is 7.94 Å². The van der Waals surface area contributed by atoms with Gasteiger partial charge in [0, 0.05) is 63.7 Å². The first-order valence-corrected chi connectivity index (χ1v) is 38.2. The van der Waals surface area contributed by atoms with Crippen LogP contribution >= 0.6 is 0 Å². The summed E-state index contributed by atoms with van der Waals surface area (Å²) in [6.07, 6.45) is 3.23. The number of ether oxygens (including phenoxy) is 2. The summed E-state index contributed by atoms with van der Waals surface area (Å²) in [4.78, 5) is 10.3. The average Bonchev–Trinajstić information content (AvgIpc) is 1.69. The summed E-state index contributed by atoms with van der Waals surface area (Å²) >= 11 is 0. The second kappa shape index (κ2) is 23.6. The van der Waals surface area contributed by atoms with Gasteiger partial charge in [-0.2, -0.15) is 10.5 Å². The first-order valence-electron chi connectivity index (χ1n) is 27.9. The van der Waals surface area contributed by atoms with Gasteiger partial charge in [0.1, 0.15) is 25.1 Å². The molecule has 0 N–H and O–H groups in total. The first-order chi connectivity index (χ1) is 39.6. The van der Waals surface area contributed by atoms with E-state index in [4.69, 9.17) is 19.4 Å². The summed E-state index contributed by atoms with van der Waals surface area (Å²) in [6.45, 7) is 36.4. The van der Waals surface area contributed by atoms with Crippen LogP contribution in [0.1, 0.15) is 67.3 Å². The van der Waals surface area contributed by atoms with Gasteiger partial charge in [-0.05, 0) is 160 Å². The Hall–Kier alpha value is -7.95.